The molecule has 1 aliphatic rings. The molecule has 0 amide bonds. The molecule has 0 bridgehead atoms. The zero-order chi connectivity index (χ0) is 15.6. The van der Waals surface area contributed by atoms with Crippen molar-refractivity contribution in [3.05, 3.63) is 34.9 Å². The van der Waals surface area contributed by atoms with Gasteiger partial charge in [-0.1, -0.05) is 18.2 Å². The number of carbonyl (C=O) groups is 1. The van der Waals surface area contributed by atoms with Gasteiger partial charge in [-0.2, -0.15) is 4.31 Å². The quantitative estimate of drug-likeness (QED) is 0.893. The van der Waals surface area contributed by atoms with Crippen molar-refractivity contribution in [3.63, 3.8) is 0 Å². The molecule has 2 rings (SSSR count). The minimum absolute atomic E-state index is 0.0736. The van der Waals surface area contributed by atoms with Gasteiger partial charge >= 0.3 is 5.97 Å². The van der Waals surface area contributed by atoms with Crippen LogP contribution in [-0.4, -0.2) is 49.6 Å². The summed E-state index contributed by atoms with van der Waals surface area (Å²) < 4.78 is 31.3. The van der Waals surface area contributed by atoms with Crippen LogP contribution >= 0.6 is 0 Å². The molecule has 0 saturated carbocycles. The predicted molar refractivity (Wildman–Crippen MR) is 77.5 cm³/mol. The van der Waals surface area contributed by atoms with Gasteiger partial charge in [0.05, 0.1) is 19.0 Å². The number of sulfonamides is 1. The molecule has 1 aromatic rings. The number of rotatable bonds is 4. The number of aliphatic carboxylic acids is 1. The first-order valence-corrected chi connectivity index (χ1v) is 8.29. The molecule has 1 saturated heterocycles. The molecule has 1 aromatic carbocycles. The van der Waals surface area contributed by atoms with Gasteiger partial charge in [-0.3, -0.25) is 4.79 Å². The highest BCUT2D eigenvalue weighted by molar-refractivity contribution is 7.88. The molecule has 1 heterocycles. The Labute approximate surface area is 124 Å². The Kier molecular flexibility index (Phi) is 4.65. The monoisotopic (exact) mass is 313 g/mol. The van der Waals surface area contributed by atoms with Gasteiger partial charge in [0.1, 0.15) is 6.04 Å². The van der Waals surface area contributed by atoms with E-state index in [1.54, 1.807) is 0 Å². The fourth-order valence-corrected chi connectivity index (χ4v) is 4.34. The van der Waals surface area contributed by atoms with Crippen LogP contribution in [0.4, 0.5) is 0 Å². The molecule has 0 radical (unpaired) electrons. The van der Waals surface area contributed by atoms with Gasteiger partial charge in [0.25, 0.3) is 0 Å². The van der Waals surface area contributed by atoms with E-state index >= 15 is 0 Å². The molecule has 116 valence electrons. The number of benzene rings is 1. The largest absolute Gasteiger partial charge is 0.480 e. The number of aryl methyl sites for hydroxylation is 2. The standard InChI is InChI=1S/C14H19NO5S/c1-10-4-3-5-11(2)12(10)9-21(18,19)15-6-7-20-8-13(15)14(16)17/h3-5,13H,6-9H2,1-2H3,(H,16,17). The molecule has 1 atom stereocenters. The number of hydrogen-bond acceptors (Lipinski definition) is 4. The molecule has 1 fully saturated rings. The van der Waals surface area contributed by atoms with Crippen molar-refractivity contribution in [2.45, 2.75) is 25.6 Å². The molecule has 1 N–H and O–H groups in total. The lowest BCUT2D eigenvalue weighted by Gasteiger charge is -2.32. The van der Waals surface area contributed by atoms with E-state index in [9.17, 15) is 13.2 Å². The number of carboxylic acids is 1. The number of hydrogen-bond donors (Lipinski definition) is 1. The molecule has 21 heavy (non-hydrogen) atoms. The molecular formula is C14H19NO5S. The maximum absolute atomic E-state index is 12.6. The van der Waals surface area contributed by atoms with Crippen LogP contribution in [0.5, 0.6) is 0 Å². The minimum atomic E-state index is -3.70. The third-order valence-electron chi connectivity index (χ3n) is 3.69. The van der Waals surface area contributed by atoms with E-state index in [0.717, 1.165) is 21.0 Å². The van der Waals surface area contributed by atoms with E-state index in [2.05, 4.69) is 0 Å². The Morgan fingerprint density at radius 1 is 1.38 bits per heavy atom. The second-order valence-corrected chi connectivity index (χ2v) is 7.09. The van der Waals surface area contributed by atoms with Crippen LogP contribution in [0.1, 0.15) is 16.7 Å². The fraction of sp³-hybridized carbons (Fsp3) is 0.500. The Hall–Kier alpha value is -1.44. The van der Waals surface area contributed by atoms with Crippen molar-refractivity contribution in [2.75, 3.05) is 19.8 Å². The van der Waals surface area contributed by atoms with Crippen molar-refractivity contribution >= 4 is 16.0 Å². The van der Waals surface area contributed by atoms with Gasteiger partial charge in [-0.15, -0.1) is 0 Å². The van der Waals surface area contributed by atoms with Crippen LogP contribution in [0, 0.1) is 13.8 Å². The van der Waals surface area contributed by atoms with Crippen LogP contribution in [-0.2, 0) is 25.3 Å². The molecule has 1 aliphatic heterocycles. The molecule has 0 spiro atoms. The second-order valence-electron chi connectivity index (χ2n) is 5.17. The van der Waals surface area contributed by atoms with Gasteiger partial charge in [0, 0.05) is 6.54 Å². The average molecular weight is 313 g/mol. The van der Waals surface area contributed by atoms with E-state index in [0.29, 0.717) is 0 Å². The van der Waals surface area contributed by atoms with E-state index in [4.69, 9.17) is 9.84 Å². The van der Waals surface area contributed by atoms with E-state index in [1.807, 2.05) is 32.0 Å². The van der Waals surface area contributed by atoms with Gasteiger partial charge in [-0.05, 0) is 30.5 Å². The third-order valence-corrected chi connectivity index (χ3v) is 5.50. The predicted octanol–water partition coefficient (Wildman–Crippen LogP) is 0.919. The summed E-state index contributed by atoms with van der Waals surface area (Å²) in [5.74, 6) is -1.37. The van der Waals surface area contributed by atoms with Crippen LogP contribution < -0.4 is 0 Å². The molecular weight excluding hydrogens is 294 g/mol. The topological polar surface area (TPSA) is 83.9 Å². The van der Waals surface area contributed by atoms with E-state index in [1.165, 1.54) is 0 Å². The van der Waals surface area contributed by atoms with Gasteiger partial charge in [0.2, 0.25) is 10.0 Å². The lowest BCUT2D eigenvalue weighted by molar-refractivity contribution is -0.146. The van der Waals surface area contributed by atoms with Gasteiger partial charge in [0.15, 0.2) is 0 Å². The smallest absolute Gasteiger partial charge is 0.324 e. The lowest BCUT2D eigenvalue weighted by atomic mass is 10.1. The summed E-state index contributed by atoms with van der Waals surface area (Å²) >= 11 is 0. The minimum Gasteiger partial charge on any atom is -0.480 e. The van der Waals surface area contributed by atoms with Gasteiger partial charge in [-0.25, -0.2) is 8.42 Å². The van der Waals surface area contributed by atoms with Crippen LogP contribution in [0.3, 0.4) is 0 Å². The third kappa shape index (κ3) is 3.42. The van der Waals surface area contributed by atoms with Crippen molar-refractivity contribution in [1.82, 2.24) is 4.31 Å². The summed E-state index contributed by atoms with van der Waals surface area (Å²) in [5, 5.41) is 9.16. The Morgan fingerprint density at radius 3 is 2.57 bits per heavy atom. The summed E-state index contributed by atoms with van der Waals surface area (Å²) in [6.45, 7) is 3.89. The summed E-state index contributed by atoms with van der Waals surface area (Å²) in [6.07, 6.45) is 0. The summed E-state index contributed by atoms with van der Waals surface area (Å²) in [5.41, 5.74) is 2.51. The fourth-order valence-electron chi connectivity index (χ4n) is 2.46. The average Bonchev–Trinajstić information content (AvgIpc) is 2.43. The SMILES string of the molecule is Cc1cccc(C)c1CS(=O)(=O)N1CCOCC1C(=O)O. The van der Waals surface area contributed by atoms with Crippen molar-refractivity contribution in [2.24, 2.45) is 0 Å². The zero-order valence-electron chi connectivity index (χ0n) is 12.1. The van der Waals surface area contributed by atoms with Crippen molar-refractivity contribution in [3.8, 4) is 0 Å². The molecule has 1 unspecified atom stereocenters. The number of nitrogens with zero attached hydrogens (tertiary/aromatic N) is 1. The van der Waals surface area contributed by atoms with Crippen LogP contribution in [0.2, 0.25) is 0 Å². The lowest BCUT2D eigenvalue weighted by Crippen LogP contribution is -2.52. The van der Waals surface area contributed by atoms with Crippen molar-refractivity contribution in [1.29, 1.82) is 0 Å². The summed E-state index contributed by atoms with van der Waals surface area (Å²) in [6, 6.07) is 4.43. The highest BCUT2D eigenvalue weighted by Gasteiger charge is 2.37. The Balaban J connectivity index is 2.31. The van der Waals surface area contributed by atoms with E-state index < -0.39 is 22.0 Å². The van der Waals surface area contributed by atoms with Gasteiger partial charge < -0.3 is 9.84 Å². The number of carboxylic acid groups (broad SMARTS) is 1. The highest BCUT2D eigenvalue weighted by atomic mass is 32.2. The van der Waals surface area contributed by atoms with Crippen LogP contribution in [0.15, 0.2) is 18.2 Å². The Morgan fingerprint density at radius 2 is 2.00 bits per heavy atom. The molecule has 0 aliphatic carbocycles. The summed E-state index contributed by atoms with van der Waals surface area (Å²) in [7, 11) is -3.70. The first kappa shape index (κ1) is 15.9. The zero-order valence-corrected chi connectivity index (χ0v) is 12.9. The molecule has 7 heteroatoms. The van der Waals surface area contributed by atoms with E-state index in [-0.39, 0.29) is 25.5 Å². The van der Waals surface area contributed by atoms with Crippen LogP contribution in [0.25, 0.3) is 0 Å². The summed E-state index contributed by atoms with van der Waals surface area (Å²) in [4.78, 5) is 11.2. The second kappa shape index (κ2) is 6.13. The highest BCUT2D eigenvalue weighted by Crippen LogP contribution is 2.21. The normalized spacial score (nSPS) is 20.4. The van der Waals surface area contributed by atoms with Crippen molar-refractivity contribution < 1.29 is 23.1 Å². The number of morpholine rings is 1. The first-order chi connectivity index (χ1) is 9.83. The molecule has 0 aromatic heterocycles. The maximum atomic E-state index is 12.6. The first-order valence-electron chi connectivity index (χ1n) is 6.68. The Bertz CT molecular complexity index is 621. The maximum Gasteiger partial charge on any atom is 0.324 e. The number of ether oxygens (including phenoxy) is 1. The molecule has 6 nitrogen and oxygen atoms in total.